The minimum Gasteiger partial charge on any atom is -0.493 e. The molecule has 1 aromatic carbocycles. The first-order chi connectivity index (χ1) is 15.8. The van der Waals surface area contributed by atoms with E-state index in [2.05, 4.69) is 24.1 Å². The number of amides is 1. The molecular formula is C26H29N3O4. The molecule has 2 aliphatic rings. The fraction of sp³-hybridized carbons (Fsp3) is 0.385. The predicted molar refractivity (Wildman–Crippen MR) is 127 cm³/mol. The molecule has 1 aliphatic heterocycles. The zero-order valence-corrected chi connectivity index (χ0v) is 19.6. The predicted octanol–water partition coefficient (Wildman–Crippen LogP) is 4.56. The highest BCUT2D eigenvalue weighted by molar-refractivity contribution is 6.13. The lowest BCUT2D eigenvalue weighted by atomic mass is 9.66. The lowest BCUT2D eigenvalue weighted by Gasteiger charge is -2.39. The van der Waals surface area contributed by atoms with Crippen LogP contribution in [-0.2, 0) is 9.59 Å². The minimum absolute atomic E-state index is 0.0167. The van der Waals surface area contributed by atoms with Crippen molar-refractivity contribution >= 4 is 23.2 Å². The molecule has 1 amide bonds. The fourth-order valence-electron chi connectivity index (χ4n) is 4.92. The van der Waals surface area contributed by atoms with E-state index in [1.807, 2.05) is 19.1 Å². The Morgan fingerprint density at radius 2 is 1.88 bits per heavy atom. The summed E-state index contributed by atoms with van der Waals surface area (Å²) in [4.78, 5) is 36.1. The zero-order chi connectivity index (χ0) is 23.8. The van der Waals surface area contributed by atoms with Gasteiger partial charge in [0.05, 0.1) is 20.1 Å². The molecule has 1 aromatic heterocycles. The topological polar surface area (TPSA) is 89.9 Å². The van der Waals surface area contributed by atoms with Gasteiger partial charge in [0.2, 0.25) is 5.91 Å². The molecule has 0 saturated carbocycles. The maximum absolute atomic E-state index is 13.6. The molecule has 1 unspecified atom stereocenters. The summed E-state index contributed by atoms with van der Waals surface area (Å²) < 4.78 is 11.2. The highest BCUT2D eigenvalue weighted by atomic mass is 16.5. The summed E-state index contributed by atoms with van der Waals surface area (Å²) in [6, 6.07) is 10.9. The van der Waals surface area contributed by atoms with Gasteiger partial charge in [-0.25, -0.2) is 4.98 Å². The van der Waals surface area contributed by atoms with Crippen LogP contribution in [0, 0.1) is 11.3 Å². The number of anilines is 1. The van der Waals surface area contributed by atoms with Gasteiger partial charge in [0.1, 0.15) is 5.82 Å². The number of ether oxygens (including phenoxy) is 2. The lowest BCUT2D eigenvalue weighted by molar-refractivity contribution is -0.119. The second-order valence-electron chi connectivity index (χ2n) is 9.30. The van der Waals surface area contributed by atoms with Crippen molar-refractivity contribution in [2.75, 3.05) is 19.5 Å². The van der Waals surface area contributed by atoms with E-state index < -0.39 is 11.8 Å². The number of aliphatic imine (C=N–C) groups is 1. The number of methoxy groups -OCH3 is 2. The van der Waals surface area contributed by atoms with Crippen molar-refractivity contribution in [1.82, 2.24) is 4.98 Å². The average Bonchev–Trinajstić information content (AvgIpc) is 2.77. The van der Waals surface area contributed by atoms with Gasteiger partial charge in [0.25, 0.3) is 0 Å². The molecular weight excluding hydrogens is 418 g/mol. The molecule has 33 heavy (non-hydrogen) atoms. The van der Waals surface area contributed by atoms with Gasteiger partial charge in [0.15, 0.2) is 17.3 Å². The first-order valence-corrected chi connectivity index (χ1v) is 11.0. The van der Waals surface area contributed by atoms with Crippen LogP contribution in [0.25, 0.3) is 0 Å². The number of aromatic nitrogens is 1. The molecule has 2 heterocycles. The van der Waals surface area contributed by atoms with Crippen LogP contribution in [0.3, 0.4) is 0 Å². The van der Waals surface area contributed by atoms with E-state index in [4.69, 9.17) is 14.5 Å². The number of benzene rings is 1. The normalized spacial score (nSPS) is 21.7. The second-order valence-corrected chi connectivity index (χ2v) is 9.30. The maximum Gasteiger partial charge on any atom is 0.235 e. The van der Waals surface area contributed by atoms with Crippen molar-refractivity contribution in [2.24, 2.45) is 16.3 Å². The molecule has 172 valence electrons. The Balaban J connectivity index is 1.88. The summed E-state index contributed by atoms with van der Waals surface area (Å²) in [6.07, 6.45) is 2.69. The van der Waals surface area contributed by atoms with E-state index in [1.54, 1.807) is 44.7 Å². The molecule has 1 aliphatic carbocycles. The van der Waals surface area contributed by atoms with Gasteiger partial charge in [-0.15, -0.1) is 0 Å². The Kier molecular flexibility index (Phi) is 6.06. The van der Waals surface area contributed by atoms with Gasteiger partial charge in [0, 0.05) is 41.1 Å². The molecule has 7 heteroatoms. The average molecular weight is 448 g/mol. The van der Waals surface area contributed by atoms with Crippen LogP contribution >= 0.6 is 0 Å². The molecule has 4 rings (SSSR count). The molecule has 7 nitrogen and oxygen atoms in total. The van der Waals surface area contributed by atoms with Gasteiger partial charge >= 0.3 is 0 Å². The third-order valence-electron chi connectivity index (χ3n) is 6.27. The first-order valence-electron chi connectivity index (χ1n) is 11.0. The Bertz CT molecular complexity index is 1150. The van der Waals surface area contributed by atoms with Crippen LogP contribution in [0.5, 0.6) is 11.5 Å². The summed E-state index contributed by atoms with van der Waals surface area (Å²) >= 11 is 0. The smallest absolute Gasteiger partial charge is 0.235 e. The number of rotatable bonds is 5. The molecule has 2 aromatic rings. The molecule has 2 atom stereocenters. The van der Waals surface area contributed by atoms with E-state index in [0.29, 0.717) is 41.4 Å². The number of carbonyl (C=O) groups excluding carboxylic acids is 2. The minimum atomic E-state index is -0.697. The molecule has 1 N–H and O–H groups in total. The number of pyridine rings is 1. The highest BCUT2D eigenvalue weighted by Gasteiger charge is 2.46. The summed E-state index contributed by atoms with van der Waals surface area (Å²) in [7, 11) is 3.13. The molecule has 0 bridgehead atoms. The van der Waals surface area contributed by atoms with Gasteiger partial charge < -0.3 is 14.8 Å². The zero-order valence-electron chi connectivity index (χ0n) is 19.6. The summed E-state index contributed by atoms with van der Waals surface area (Å²) in [5.74, 6) is 0.0101. The van der Waals surface area contributed by atoms with Crippen molar-refractivity contribution in [1.29, 1.82) is 0 Å². The van der Waals surface area contributed by atoms with Crippen molar-refractivity contribution in [3.8, 4) is 11.5 Å². The molecule has 0 radical (unpaired) electrons. The SMILES string of the molecule is COc1cccc([C@H]2C3=C(CC(C)(C)CC3=O)N=C(C)C2C(=O)Nc2ccccn2)c1OC. The lowest BCUT2D eigenvalue weighted by Crippen LogP contribution is -2.41. The number of nitrogens with one attached hydrogen (secondary N) is 1. The quantitative estimate of drug-likeness (QED) is 0.726. The number of ketones is 1. The molecule has 0 spiro atoms. The van der Waals surface area contributed by atoms with Gasteiger partial charge in [-0.3, -0.25) is 14.6 Å². The van der Waals surface area contributed by atoms with Crippen molar-refractivity contribution < 1.29 is 19.1 Å². The third kappa shape index (κ3) is 4.27. The highest BCUT2D eigenvalue weighted by Crippen LogP contribution is 2.50. The first kappa shape index (κ1) is 22.7. The fourth-order valence-corrected chi connectivity index (χ4v) is 4.92. The summed E-state index contributed by atoms with van der Waals surface area (Å²) in [5.41, 5.74) is 2.54. The van der Waals surface area contributed by atoms with Gasteiger partial charge in [-0.05, 0) is 37.0 Å². The van der Waals surface area contributed by atoms with E-state index >= 15 is 0 Å². The number of allylic oxidation sites excluding steroid dienone is 2. The Morgan fingerprint density at radius 1 is 1.09 bits per heavy atom. The van der Waals surface area contributed by atoms with Crippen LogP contribution in [0.4, 0.5) is 5.82 Å². The Labute approximate surface area is 193 Å². The third-order valence-corrected chi connectivity index (χ3v) is 6.27. The molecule has 0 fully saturated rings. The van der Waals surface area contributed by atoms with Crippen molar-refractivity contribution in [3.63, 3.8) is 0 Å². The Hall–Kier alpha value is -3.48. The maximum atomic E-state index is 13.6. The van der Waals surface area contributed by atoms with E-state index in [0.717, 1.165) is 11.3 Å². The van der Waals surface area contributed by atoms with Crippen LogP contribution in [0.1, 0.15) is 45.1 Å². The van der Waals surface area contributed by atoms with Gasteiger partial charge in [-0.1, -0.05) is 32.0 Å². The number of Topliss-reactive ketones (excluding diaryl/α,β-unsaturated/α-hetero) is 1. The largest absolute Gasteiger partial charge is 0.493 e. The monoisotopic (exact) mass is 447 g/mol. The van der Waals surface area contributed by atoms with Crippen LogP contribution in [0.15, 0.2) is 58.9 Å². The number of para-hydroxylation sites is 1. The number of hydrogen-bond donors (Lipinski definition) is 1. The summed E-state index contributed by atoms with van der Waals surface area (Å²) in [5, 5.41) is 2.90. The summed E-state index contributed by atoms with van der Waals surface area (Å²) in [6.45, 7) is 5.99. The standard InChI is InChI=1S/C26H29N3O4/c1-15-21(25(31)29-20-11-6-7-12-27-20)22(16-9-8-10-19(32-4)24(16)33-5)23-17(28-15)13-26(2,3)14-18(23)30/h6-12,21-22H,13-14H2,1-5H3,(H,27,29,31)/t21?,22-/m1/s1. The van der Waals surface area contributed by atoms with Gasteiger partial charge in [-0.2, -0.15) is 0 Å². The van der Waals surface area contributed by atoms with Crippen molar-refractivity contribution in [2.45, 2.75) is 39.5 Å². The molecule has 0 saturated heterocycles. The van der Waals surface area contributed by atoms with Crippen LogP contribution < -0.4 is 14.8 Å². The van der Waals surface area contributed by atoms with Crippen LogP contribution in [-0.4, -0.2) is 36.6 Å². The second kappa shape index (κ2) is 8.81. The Morgan fingerprint density at radius 3 is 2.55 bits per heavy atom. The number of nitrogens with zero attached hydrogens (tertiary/aromatic N) is 2. The van der Waals surface area contributed by atoms with E-state index in [1.165, 1.54) is 0 Å². The van der Waals surface area contributed by atoms with Crippen LogP contribution in [0.2, 0.25) is 0 Å². The van der Waals surface area contributed by atoms with E-state index in [9.17, 15) is 9.59 Å². The van der Waals surface area contributed by atoms with E-state index in [-0.39, 0.29) is 17.1 Å². The number of carbonyl (C=O) groups is 2. The number of hydrogen-bond acceptors (Lipinski definition) is 6. The van der Waals surface area contributed by atoms with Crippen molar-refractivity contribution in [3.05, 3.63) is 59.4 Å².